The van der Waals surface area contributed by atoms with Gasteiger partial charge in [0.15, 0.2) is 0 Å². The number of aryl methyl sites for hydroxylation is 1. The number of hydrogen-bond acceptors (Lipinski definition) is 4. The van der Waals surface area contributed by atoms with E-state index in [1.54, 1.807) is 11.3 Å². The second-order valence-electron chi connectivity index (χ2n) is 5.40. The van der Waals surface area contributed by atoms with Crippen LogP contribution in [0.3, 0.4) is 0 Å². The molecule has 0 fully saturated rings. The molecule has 0 amide bonds. The van der Waals surface area contributed by atoms with Gasteiger partial charge >= 0.3 is 0 Å². The molecular formula is C18H16N4S. The molecule has 4 nitrogen and oxygen atoms in total. The molecular weight excluding hydrogens is 304 g/mol. The quantitative estimate of drug-likeness (QED) is 0.609. The number of nitrogens with one attached hydrogen (secondary N) is 1. The number of benzene rings is 1. The fourth-order valence-corrected chi connectivity index (χ4v) is 3.25. The number of nitrogens with zero attached hydrogens (tertiary/aromatic N) is 3. The van der Waals surface area contributed by atoms with Crippen LogP contribution in [0.2, 0.25) is 0 Å². The first kappa shape index (κ1) is 14.0. The lowest BCUT2D eigenvalue weighted by Gasteiger charge is -2.06. The molecule has 5 heteroatoms. The molecule has 0 aliphatic heterocycles. The molecule has 4 aromatic rings. The molecule has 0 aliphatic carbocycles. The van der Waals surface area contributed by atoms with Gasteiger partial charge in [-0.3, -0.25) is 4.98 Å². The number of hydrogen-bond donors (Lipinski definition) is 1. The van der Waals surface area contributed by atoms with Crippen molar-refractivity contribution < 1.29 is 0 Å². The summed E-state index contributed by atoms with van der Waals surface area (Å²) in [7, 11) is 2.03. The molecule has 4 rings (SSSR count). The van der Waals surface area contributed by atoms with Crippen LogP contribution in [0.15, 0.2) is 59.4 Å². The van der Waals surface area contributed by atoms with Gasteiger partial charge in [-0.1, -0.05) is 30.3 Å². The average molecular weight is 320 g/mol. The second-order valence-corrected chi connectivity index (χ2v) is 6.18. The molecule has 0 saturated heterocycles. The Morgan fingerprint density at radius 1 is 1.17 bits per heavy atom. The van der Waals surface area contributed by atoms with Crippen molar-refractivity contribution in [3.8, 4) is 11.3 Å². The molecule has 0 radical (unpaired) electrons. The van der Waals surface area contributed by atoms with E-state index in [9.17, 15) is 0 Å². The van der Waals surface area contributed by atoms with Crippen molar-refractivity contribution in [2.75, 3.05) is 5.32 Å². The summed E-state index contributed by atoms with van der Waals surface area (Å²) in [6.07, 6.45) is 1.84. The van der Waals surface area contributed by atoms with E-state index in [1.807, 2.05) is 31.4 Å². The molecule has 23 heavy (non-hydrogen) atoms. The molecule has 1 N–H and O–H groups in total. The molecule has 3 aromatic heterocycles. The maximum absolute atomic E-state index is 4.64. The highest BCUT2D eigenvalue weighted by Gasteiger charge is 2.10. The first-order valence-corrected chi connectivity index (χ1v) is 8.38. The topological polar surface area (TPSA) is 42.7 Å². The van der Waals surface area contributed by atoms with Crippen LogP contribution in [0.1, 0.15) is 5.56 Å². The van der Waals surface area contributed by atoms with Gasteiger partial charge in [0.05, 0.1) is 17.4 Å². The van der Waals surface area contributed by atoms with Crippen molar-refractivity contribution in [2.24, 2.45) is 7.05 Å². The minimum atomic E-state index is 0.753. The predicted molar refractivity (Wildman–Crippen MR) is 95.6 cm³/mol. The van der Waals surface area contributed by atoms with Gasteiger partial charge in [0.1, 0.15) is 5.52 Å². The predicted octanol–water partition coefficient (Wildman–Crippen LogP) is 4.31. The number of rotatable bonds is 4. The Bertz CT molecular complexity index is 926. The van der Waals surface area contributed by atoms with Gasteiger partial charge in [-0.2, -0.15) is 11.3 Å². The van der Waals surface area contributed by atoms with Crippen LogP contribution in [0.5, 0.6) is 0 Å². The van der Waals surface area contributed by atoms with E-state index in [-0.39, 0.29) is 0 Å². The van der Waals surface area contributed by atoms with Crippen LogP contribution in [0.4, 0.5) is 5.95 Å². The third-order valence-corrected chi connectivity index (χ3v) is 4.56. The Kier molecular flexibility index (Phi) is 3.55. The van der Waals surface area contributed by atoms with Gasteiger partial charge in [0.25, 0.3) is 0 Å². The molecule has 114 valence electrons. The fourth-order valence-electron chi connectivity index (χ4n) is 2.60. The number of fused-ring (bicyclic) bond motifs is 1. The number of imidazole rings is 1. The molecule has 0 saturated carbocycles. The monoisotopic (exact) mass is 320 g/mol. The maximum Gasteiger partial charge on any atom is 0.203 e. The van der Waals surface area contributed by atoms with Crippen molar-refractivity contribution in [1.29, 1.82) is 0 Å². The summed E-state index contributed by atoms with van der Waals surface area (Å²) in [4.78, 5) is 9.17. The summed E-state index contributed by atoms with van der Waals surface area (Å²) in [6, 6.07) is 14.5. The molecule has 0 bridgehead atoms. The largest absolute Gasteiger partial charge is 0.352 e. The molecule has 1 aromatic carbocycles. The van der Waals surface area contributed by atoms with Gasteiger partial charge < -0.3 is 9.88 Å². The van der Waals surface area contributed by atoms with Crippen molar-refractivity contribution in [3.05, 3.63) is 65.0 Å². The zero-order valence-electron chi connectivity index (χ0n) is 12.7. The Hall–Kier alpha value is -2.66. The second kappa shape index (κ2) is 5.85. The van der Waals surface area contributed by atoms with Crippen LogP contribution in [-0.4, -0.2) is 14.5 Å². The maximum atomic E-state index is 4.64. The van der Waals surface area contributed by atoms with E-state index in [2.05, 4.69) is 54.9 Å². The molecule has 0 atom stereocenters. The lowest BCUT2D eigenvalue weighted by atomic mass is 10.2. The summed E-state index contributed by atoms with van der Waals surface area (Å²) in [5, 5.41) is 7.58. The van der Waals surface area contributed by atoms with Gasteiger partial charge in [0, 0.05) is 24.5 Å². The van der Waals surface area contributed by atoms with Crippen LogP contribution in [0, 0.1) is 0 Å². The number of anilines is 1. The standard InChI is InChI=1S/C18H16N4S/c1-22-17-9-15(14-7-8-23-12-14)19-11-16(17)21-18(22)20-10-13-5-3-2-4-6-13/h2-9,11-12H,10H2,1H3,(H,20,21). The van der Waals surface area contributed by atoms with Crippen LogP contribution >= 0.6 is 11.3 Å². The third kappa shape index (κ3) is 2.71. The van der Waals surface area contributed by atoms with Gasteiger partial charge in [0.2, 0.25) is 5.95 Å². The minimum absolute atomic E-state index is 0.753. The zero-order valence-corrected chi connectivity index (χ0v) is 13.5. The highest BCUT2D eigenvalue weighted by molar-refractivity contribution is 7.08. The zero-order chi connectivity index (χ0) is 15.6. The van der Waals surface area contributed by atoms with Crippen molar-refractivity contribution >= 4 is 28.3 Å². The van der Waals surface area contributed by atoms with E-state index in [0.29, 0.717) is 0 Å². The fraction of sp³-hybridized carbons (Fsp3) is 0.111. The van der Waals surface area contributed by atoms with Gasteiger partial charge in [-0.05, 0) is 23.1 Å². The summed E-state index contributed by atoms with van der Waals surface area (Å²) in [5.74, 6) is 0.855. The Morgan fingerprint density at radius 2 is 2.04 bits per heavy atom. The summed E-state index contributed by atoms with van der Waals surface area (Å²) in [5.41, 5.74) is 5.35. The van der Waals surface area contributed by atoms with Crippen molar-refractivity contribution in [3.63, 3.8) is 0 Å². The number of aromatic nitrogens is 3. The van der Waals surface area contributed by atoms with Gasteiger partial charge in [-0.15, -0.1) is 0 Å². The van der Waals surface area contributed by atoms with E-state index in [1.165, 1.54) is 5.56 Å². The lowest BCUT2D eigenvalue weighted by molar-refractivity contribution is 0.927. The number of pyridine rings is 1. The van der Waals surface area contributed by atoms with Crippen molar-refractivity contribution in [1.82, 2.24) is 14.5 Å². The molecule has 0 aliphatic rings. The summed E-state index contributed by atoms with van der Waals surface area (Å²) >= 11 is 1.68. The van der Waals surface area contributed by atoms with E-state index < -0.39 is 0 Å². The minimum Gasteiger partial charge on any atom is -0.352 e. The Morgan fingerprint density at radius 3 is 2.83 bits per heavy atom. The van der Waals surface area contributed by atoms with E-state index in [4.69, 9.17) is 0 Å². The molecule has 3 heterocycles. The highest BCUT2D eigenvalue weighted by Crippen LogP contribution is 2.25. The summed E-state index contributed by atoms with van der Waals surface area (Å²) in [6.45, 7) is 0.753. The lowest BCUT2D eigenvalue weighted by Crippen LogP contribution is -2.04. The highest BCUT2D eigenvalue weighted by atomic mass is 32.1. The van der Waals surface area contributed by atoms with Crippen LogP contribution in [-0.2, 0) is 13.6 Å². The summed E-state index contributed by atoms with van der Waals surface area (Å²) < 4.78 is 2.08. The van der Waals surface area contributed by atoms with Gasteiger partial charge in [-0.25, -0.2) is 4.98 Å². The smallest absolute Gasteiger partial charge is 0.203 e. The normalized spacial score (nSPS) is 11.0. The first-order chi connectivity index (χ1) is 11.3. The van der Waals surface area contributed by atoms with Crippen LogP contribution in [0.25, 0.3) is 22.3 Å². The number of thiophene rings is 1. The Labute approximate surface area is 138 Å². The first-order valence-electron chi connectivity index (χ1n) is 7.44. The molecule has 0 unspecified atom stereocenters. The SMILES string of the molecule is Cn1c(NCc2ccccc2)nc2cnc(-c3ccsc3)cc21. The van der Waals surface area contributed by atoms with E-state index >= 15 is 0 Å². The van der Waals surface area contributed by atoms with Crippen molar-refractivity contribution in [2.45, 2.75) is 6.54 Å². The van der Waals surface area contributed by atoms with E-state index in [0.717, 1.165) is 34.8 Å². The molecule has 0 spiro atoms. The Balaban J connectivity index is 1.65. The van der Waals surface area contributed by atoms with Crippen LogP contribution < -0.4 is 5.32 Å². The average Bonchev–Trinajstić information content (AvgIpc) is 3.23. The third-order valence-electron chi connectivity index (χ3n) is 3.88.